The van der Waals surface area contributed by atoms with E-state index >= 15 is 0 Å². The van der Waals surface area contributed by atoms with E-state index in [0.717, 1.165) is 0 Å². The van der Waals surface area contributed by atoms with Crippen molar-refractivity contribution in [3.63, 3.8) is 0 Å². The van der Waals surface area contributed by atoms with Crippen molar-refractivity contribution in [3.8, 4) is 0 Å². The highest BCUT2D eigenvalue weighted by Crippen LogP contribution is 2.29. The fourth-order valence-corrected chi connectivity index (χ4v) is 2.45. The second kappa shape index (κ2) is 5.36. The summed E-state index contributed by atoms with van der Waals surface area (Å²) in [6.07, 6.45) is 0. The van der Waals surface area contributed by atoms with Crippen LogP contribution in [0.2, 0.25) is 0 Å². The second-order valence-electron chi connectivity index (χ2n) is 5.15. The van der Waals surface area contributed by atoms with E-state index in [2.05, 4.69) is 63.2 Å². The minimum Gasteiger partial charge on any atom is -0.323 e. The molecule has 2 atom stereocenters. The van der Waals surface area contributed by atoms with Gasteiger partial charge in [-0.2, -0.15) is 0 Å². The molecule has 2 N–H and O–H groups in total. The number of hydrogen-bond donors (Lipinski definition) is 1. The maximum atomic E-state index is 6.41. The highest BCUT2D eigenvalue weighted by atomic mass is 14.6. The minimum absolute atomic E-state index is 0.0472. The molecule has 0 heterocycles. The first-order chi connectivity index (χ1) is 8.58. The molecule has 0 amide bonds. The van der Waals surface area contributed by atoms with Gasteiger partial charge in [0.2, 0.25) is 0 Å². The Hall–Kier alpha value is -1.60. The van der Waals surface area contributed by atoms with Crippen LogP contribution in [0.15, 0.2) is 48.5 Å². The summed E-state index contributed by atoms with van der Waals surface area (Å²) >= 11 is 0. The van der Waals surface area contributed by atoms with Gasteiger partial charge in [-0.15, -0.1) is 0 Å². The Kier molecular flexibility index (Phi) is 3.83. The van der Waals surface area contributed by atoms with Crippen LogP contribution in [0.25, 0.3) is 0 Å². The highest BCUT2D eigenvalue weighted by Gasteiger charge is 2.16. The summed E-state index contributed by atoms with van der Waals surface area (Å²) in [5.41, 5.74) is 11.5. The number of nitrogens with two attached hydrogens (primary N) is 1. The number of hydrogen-bond acceptors (Lipinski definition) is 1. The van der Waals surface area contributed by atoms with Crippen LogP contribution in [0.1, 0.15) is 41.1 Å². The molecule has 0 aliphatic rings. The molecule has 1 heteroatoms. The standard InChI is InChI=1S/C17H21N/c1-12-9-13(2)11-16(10-12)17(18)14(3)15-7-5-4-6-8-15/h4-11,14,17H,18H2,1-3H3. The van der Waals surface area contributed by atoms with E-state index in [1.165, 1.54) is 22.3 Å². The Morgan fingerprint density at radius 3 is 1.94 bits per heavy atom. The van der Waals surface area contributed by atoms with Crippen molar-refractivity contribution in [2.75, 3.05) is 0 Å². The number of aryl methyl sites for hydroxylation is 2. The predicted octanol–water partition coefficient (Wildman–Crippen LogP) is 4.11. The zero-order valence-electron chi connectivity index (χ0n) is 11.4. The van der Waals surface area contributed by atoms with Crippen LogP contribution < -0.4 is 5.73 Å². The maximum absolute atomic E-state index is 6.41. The van der Waals surface area contributed by atoms with Gasteiger partial charge in [0.25, 0.3) is 0 Å². The van der Waals surface area contributed by atoms with Gasteiger partial charge in [0.05, 0.1) is 0 Å². The van der Waals surface area contributed by atoms with Gasteiger partial charge >= 0.3 is 0 Å². The van der Waals surface area contributed by atoms with Crippen molar-refractivity contribution in [2.45, 2.75) is 32.7 Å². The zero-order valence-corrected chi connectivity index (χ0v) is 11.4. The van der Waals surface area contributed by atoms with Crippen molar-refractivity contribution in [1.29, 1.82) is 0 Å². The van der Waals surface area contributed by atoms with Gasteiger partial charge in [-0.05, 0) is 25.0 Å². The molecule has 0 saturated heterocycles. The SMILES string of the molecule is Cc1cc(C)cc(C(N)C(C)c2ccccc2)c1. The van der Waals surface area contributed by atoms with Crippen molar-refractivity contribution >= 4 is 0 Å². The minimum atomic E-state index is 0.0472. The quantitative estimate of drug-likeness (QED) is 0.857. The van der Waals surface area contributed by atoms with E-state index in [0.29, 0.717) is 5.92 Å². The van der Waals surface area contributed by atoms with Gasteiger partial charge in [-0.3, -0.25) is 0 Å². The molecule has 0 aliphatic heterocycles. The van der Waals surface area contributed by atoms with E-state index in [1.54, 1.807) is 0 Å². The average molecular weight is 239 g/mol. The molecule has 2 aromatic rings. The lowest BCUT2D eigenvalue weighted by molar-refractivity contribution is 0.597. The van der Waals surface area contributed by atoms with Crippen LogP contribution in [0.5, 0.6) is 0 Å². The van der Waals surface area contributed by atoms with Gasteiger partial charge in [0.1, 0.15) is 0 Å². The van der Waals surface area contributed by atoms with E-state index in [-0.39, 0.29) is 6.04 Å². The average Bonchev–Trinajstić information content (AvgIpc) is 2.37. The summed E-state index contributed by atoms with van der Waals surface area (Å²) < 4.78 is 0. The van der Waals surface area contributed by atoms with Crippen LogP contribution in [0, 0.1) is 13.8 Å². The van der Waals surface area contributed by atoms with Crippen molar-refractivity contribution < 1.29 is 0 Å². The molecule has 18 heavy (non-hydrogen) atoms. The molecule has 0 aromatic heterocycles. The first-order valence-electron chi connectivity index (χ1n) is 6.46. The lowest BCUT2D eigenvalue weighted by Crippen LogP contribution is -2.18. The van der Waals surface area contributed by atoms with E-state index in [1.807, 2.05) is 6.07 Å². The largest absolute Gasteiger partial charge is 0.323 e. The fourth-order valence-electron chi connectivity index (χ4n) is 2.45. The Labute approximate surface area is 110 Å². The molecule has 0 spiro atoms. The summed E-state index contributed by atoms with van der Waals surface area (Å²) in [6, 6.07) is 17.1. The molecule has 94 valence electrons. The van der Waals surface area contributed by atoms with Crippen LogP contribution in [-0.4, -0.2) is 0 Å². The smallest absolute Gasteiger partial charge is 0.0362 e. The monoisotopic (exact) mass is 239 g/mol. The van der Waals surface area contributed by atoms with Gasteiger partial charge in [-0.1, -0.05) is 66.6 Å². The topological polar surface area (TPSA) is 26.0 Å². The molecular formula is C17H21N. The third kappa shape index (κ3) is 2.80. The molecule has 0 radical (unpaired) electrons. The molecular weight excluding hydrogens is 218 g/mol. The van der Waals surface area contributed by atoms with E-state index in [9.17, 15) is 0 Å². The summed E-state index contributed by atoms with van der Waals surface area (Å²) in [6.45, 7) is 6.43. The van der Waals surface area contributed by atoms with Crippen LogP contribution in [0.3, 0.4) is 0 Å². The summed E-state index contributed by atoms with van der Waals surface area (Å²) in [4.78, 5) is 0. The Morgan fingerprint density at radius 1 is 0.833 bits per heavy atom. The Morgan fingerprint density at radius 2 is 1.39 bits per heavy atom. The number of benzene rings is 2. The van der Waals surface area contributed by atoms with Gasteiger partial charge in [0, 0.05) is 12.0 Å². The van der Waals surface area contributed by atoms with Crippen molar-refractivity contribution in [3.05, 3.63) is 70.8 Å². The predicted molar refractivity (Wildman–Crippen MR) is 77.7 cm³/mol. The van der Waals surface area contributed by atoms with Gasteiger partial charge in [-0.25, -0.2) is 0 Å². The normalized spacial score (nSPS) is 14.2. The summed E-state index contributed by atoms with van der Waals surface area (Å²) in [5.74, 6) is 0.326. The lowest BCUT2D eigenvalue weighted by atomic mass is 9.88. The molecule has 0 aliphatic carbocycles. The van der Waals surface area contributed by atoms with Crippen molar-refractivity contribution in [1.82, 2.24) is 0 Å². The number of rotatable bonds is 3. The Bertz CT molecular complexity index is 496. The lowest BCUT2D eigenvalue weighted by Gasteiger charge is -2.21. The fraction of sp³-hybridized carbons (Fsp3) is 0.294. The van der Waals surface area contributed by atoms with Crippen LogP contribution in [-0.2, 0) is 0 Å². The molecule has 2 unspecified atom stereocenters. The van der Waals surface area contributed by atoms with E-state index < -0.39 is 0 Å². The summed E-state index contributed by atoms with van der Waals surface area (Å²) in [7, 11) is 0. The molecule has 1 nitrogen and oxygen atoms in total. The van der Waals surface area contributed by atoms with E-state index in [4.69, 9.17) is 5.73 Å². The third-order valence-corrected chi connectivity index (χ3v) is 3.49. The molecule has 2 aromatic carbocycles. The molecule has 0 fully saturated rings. The van der Waals surface area contributed by atoms with Gasteiger partial charge in [0.15, 0.2) is 0 Å². The van der Waals surface area contributed by atoms with Gasteiger partial charge < -0.3 is 5.73 Å². The molecule has 2 rings (SSSR count). The maximum Gasteiger partial charge on any atom is 0.0362 e. The van der Waals surface area contributed by atoms with Crippen molar-refractivity contribution in [2.24, 2.45) is 5.73 Å². The zero-order chi connectivity index (χ0) is 13.1. The third-order valence-electron chi connectivity index (χ3n) is 3.49. The molecule has 0 bridgehead atoms. The summed E-state index contributed by atoms with van der Waals surface area (Å²) in [5, 5.41) is 0. The Balaban J connectivity index is 2.28. The first-order valence-corrected chi connectivity index (χ1v) is 6.46. The second-order valence-corrected chi connectivity index (χ2v) is 5.15. The first kappa shape index (κ1) is 12.8. The van der Waals surface area contributed by atoms with Crippen LogP contribution >= 0.6 is 0 Å². The highest BCUT2D eigenvalue weighted by molar-refractivity contribution is 5.33. The van der Waals surface area contributed by atoms with Crippen LogP contribution in [0.4, 0.5) is 0 Å². The molecule has 0 saturated carbocycles.